The fourth-order valence-corrected chi connectivity index (χ4v) is 1.03. The van der Waals surface area contributed by atoms with Crippen LogP contribution in [0.15, 0.2) is 35.5 Å². The van der Waals surface area contributed by atoms with Gasteiger partial charge in [-0.25, -0.2) is 0 Å². The number of rotatable bonds is 1. The molecule has 2 aromatic heterocycles. The second-order valence-electron chi connectivity index (χ2n) is 2.43. The maximum absolute atomic E-state index is 10.9. The monoisotopic (exact) mass is 161 g/mol. The van der Waals surface area contributed by atoms with Crippen molar-refractivity contribution in [3.05, 3.63) is 41.1 Å². The number of nitrogens with one attached hydrogen (secondary N) is 2. The molecule has 0 saturated carbocycles. The number of nitrogens with zero attached hydrogens (tertiary/aromatic N) is 1. The summed E-state index contributed by atoms with van der Waals surface area (Å²) in [4.78, 5) is 13.4. The highest BCUT2D eigenvalue weighted by Crippen LogP contribution is 2.13. The van der Waals surface area contributed by atoms with Gasteiger partial charge >= 0.3 is 0 Å². The third-order valence-corrected chi connectivity index (χ3v) is 1.61. The minimum Gasteiger partial charge on any atom is -0.329 e. The predicted octanol–water partition coefficient (Wildman–Crippen LogP) is 0.765. The molecule has 0 amide bonds. The van der Waals surface area contributed by atoms with E-state index in [0.29, 0.717) is 0 Å². The maximum atomic E-state index is 10.9. The van der Waals surface area contributed by atoms with Crippen molar-refractivity contribution in [2.24, 2.45) is 0 Å². The quantitative estimate of drug-likeness (QED) is 0.648. The molecule has 0 unspecified atom stereocenters. The van der Waals surface area contributed by atoms with Crippen LogP contribution in [0.25, 0.3) is 11.1 Å². The van der Waals surface area contributed by atoms with Crippen molar-refractivity contribution in [2.45, 2.75) is 0 Å². The topological polar surface area (TPSA) is 61.5 Å². The van der Waals surface area contributed by atoms with Crippen molar-refractivity contribution in [1.82, 2.24) is 15.2 Å². The van der Waals surface area contributed by atoms with Crippen LogP contribution in [0, 0.1) is 0 Å². The Bertz CT molecular complexity index is 416. The zero-order valence-electron chi connectivity index (χ0n) is 6.24. The van der Waals surface area contributed by atoms with Crippen molar-refractivity contribution in [2.75, 3.05) is 0 Å². The maximum Gasteiger partial charge on any atom is 0.248 e. The molecule has 2 aromatic rings. The number of hydrogen-bond donors (Lipinski definition) is 2. The van der Waals surface area contributed by atoms with Crippen LogP contribution in [-0.2, 0) is 0 Å². The van der Waals surface area contributed by atoms with Gasteiger partial charge in [0.05, 0.1) is 6.20 Å². The number of hydrogen-bond acceptors (Lipinski definition) is 2. The fourth-order valence-electron chi connectivity index (χ4n) is 1.03. The van der Waals surface area contributed by atoms with Gasteiger partial charge < -0.3 is 4.98 Å². The average molecular weight is 161 g/mol. The minimum atomic E-state index is -0.103. The lowest BCUT2D eigenvalue weighted by atomic mass is 10.1. The lowest BCUT2D eigenvalue weighted by Gasteiger charge is -1.92. The smallest absolute Gasteiger partial charge is 0.248 e. The molecule has 12 heavy (non-hydrogen) atoms. The van der Waals surface area contributed by atoms with E-state index < -0.39 is 0 Å². The molecule has 4 heteroatoms. The first kappa shape index (κ1) is 6.84. The van der Waals surface area contributed by atoms with Crippen molar-refractivity contribution >= 4 is 0 Å². The van der Waals surface area contributed by atoms with Gasteiger partial charge in [-0.2, -0.15) is 5.10 Å². The van der Waals surface area contributed by atoms with Crippen LogP contribution in [0.1, 0.15) is 0 Å². The summed E-state index contributed by atoms with van der Waals surface area (Å²) in [5.74, 6) is 0. The zero-order valence-corrected chi connectivity index (χ0v) is 6.24. The van der Waals surface area contributed by atoms with Crippen molar-refractivity contribution in [3.63, 3.8) is 0 Å². The van der Waals surface area contributed by atoms with E-state index >= 15 is 0 Å². The van der Waals surface area contributed by atoms with E-state index in [1.165, 1.54) is 6.07 Å². The Morgan fingerprint density at radius 3 is 2.92 bits per heavy atom. The van der Waals surface area contributed by atoms with Crippen LogP contribution in [0.2, 0.25) is 0 Å². The Morgan fingerprint density at radius 2 is 2.25 bits per heavy atom. The predicted molar refractivity (Wildman–Crippen MR) is 44.6 cm³/mol. The van der Waals surface area contributed by atoms with E-state index in [1.807, 2.05) is 6.07 Å². The molecular weight excluding hydrogens is 154 g/mol. The molecule has 2 rings (SSSR count). The SMILES string of the molecule is O=c1cc(-c2cn[nH]c2)cc[nH]1. The fraction of sp³-hybridized carbons (Fsp3) is 0. The van der Waals surface area contributed by atoms with Crippen LogP contribution >= 0.6 is 0 Å². The molecule has 0 bridgehead atoms. The van der Waals surface area contributed by atoms with Gasteiger partial charge in [0, 0.05) is 24.0 Å². The summed E-state index contributed by atoms with van der Waals surface area (Å²) in [6.07, 6.45) is 5.04. The lowest BCUT2D eigenvalue weighted by molar-refractivity contribution is 1.09. The van der Waals surface area contributed by atoms with Crippen LogP contribution < -0.4 is 5.56 Å². The molecule has 0 spiro atoms. The standard InChI is InChI=1S/C8H7N3O/c12-8-3-6(1-2-9-8)7-4-10-11-5-7/h1-5H,(H,9,12)(H,10,11). The Morgan fingerprint density at radius 1 is 1.33 bits per heavy atom. The second-order valence-corrected chi connectivity index (χ2v) is 2.43. The van der Waals surface area contributed by atoms with Crippen molar-refractivity contribution in [3.8, 4) is 11.1 Å². The molecule has 2 N–H and O–H groups in total. The van der Waals surface area contributed by atoms with Gasteiger partial charge in [0.1, 0.15) is 0 Å². The molecule has 0 aliphatic carbocycles. The Balaban J connectivity index is 2.55. The third kappa shape index (κ3) is 1.14. The summed E-state index contributed by atoms with van der Waals surface area (Å²) < 4.78 is 0. The molecule has 0 fully saturated rings. The van der Waals surface area contributed by atoms with E-state index in [0.717, 1.165) is 11.1 Å². The molecule has 4 nitrogen and oxygen atoms in total. The molecular formula is C8H7N3O. The van der Waals surface area contributed by atoms with E-state index in [4.69, 9.17) is 0 Å². The van der Waals surface area contributed by atoms with Crippen molar-refractivity contribution < 1.29 is 0 Å². The molecule has 0 aliphatic heterocycles. The Labute approximate surface area is 68.3 Å². The normalized spacial score (nSPS) is 10.0. The van der Waals surface area contributed by atoms with E-state index in [9.17, 15) is 4.79 Å². The largest absolute Gasteiger partial charge is 0.329 e. The summed E-state index contributed by atoms with van der Waals surface area (Å²) in [5, 5.41) is 6.48. The van der Waals surface area contributed by atoms with Crippen LogP contribution in [0.5, 0.6) is 0 Å². The molecule has 0 aliphatic rings. The van der Waals surface area contributed by atoms with Gasteiger partial charge in [-0.15, -0.1) is 0 Å². The number of aromatic amines is 2. The Kier molecular flexibility index (Phi) is 1.51. The van der Waals surface area contributed by atoms with Gasteiger partial charge in [-0.05, 0) is 11.6 Å². The summed E-state index contributed by atoms with van der Waals surface area (Å²) in [6.45, 7) is 0. The first-order valence-electron chi connectivity index (χ1n) is 3.54. The highest BCUT2D eigenvalue weighted by atomic mass is 16.1. The van der Waals surface area contributed by atoms with E-state index in [1.54, 1.807) is 18.6 Å². The van der Waals surface area contributed by atoms with E-state index in [2.05, 4.69) is 15.2 Å². The Hall–Kier alpha value is -1.84. The molecule has 0 aromatic carbocycles. The summed E-state index contributed by atoms with van der Waals surface area (Å²) in [7, 11) is 0. The van der Waals surface area contributed by atoms with Crippen LogP contribution in [0.3, 0.4) is 0 Å². The van der Waals surface area contributed by atoms with Gasteiger partial charge in [0.15, 0.2) is 0 Å². The number of H-pyrrole nitrogens is 2. The molecule has 0 atom stereocenters. The first-order valence-corrected chi connectivity index (χ1v) is 3.54. The van der Waals surface area contributed by atoms with Crippen molar-refractivity contribution in [1.29, 1.82) is 0 Å². The van der Waals surface area contributed by atoms with E-state index in [-0.39, 0.29) is 5.56 Å². The third-order valence-electron chi connectivity index (χ3n) is 1.61. The van der Waals surface area contributed by atoms with Gasteiger partial charge in [-0.1, -0.05) is 0 Å². The van der Waals surface area contributed by atoms with Crippen LogP contribution in [-0.4, -0.2) is 15.2 Å². The molecule has 60 valence electrons. The zero-order chi connectivity index (χ0) is 8.39. The van der Waals surface area contributed by atoms with Gasteiger partial charge in [0.25, 0.3) is 0 Å². The molecule has 2 heterocycles. The minimum absolute atomic E-state index is 0.103. The number of aromatic nitrogens is 3. The number of pyridine rings is 1. The summed E-state index contributed by atoms with van der Waals surface area (Å²) in [5.41, 5.74) is 1.68. The molecule has 0 radical (unpaired) electrons. The summed E-state index contributed by atoms with van der Waals surface area (Å²) in [6, 6.07) is 3.36. The van der Waals surface area contributed by atoms with Crippen LogP contribution in [0.4, 0.5) is 0 Å². The highest BCUT2D eigenvalue weighted by molar-refractivity contribution is 5.60. The van der Waals surface area contributed by atoms with Gasteiger partial charge in [0.2, 0.25) is 5.56 Å². The highest BCUT2D eigenvalue weighted by Gasteiger charge is 1.97. The lowest BCUT2D eigenvalue weighted by Crippen LogP contribution is -2.01. The summed E-state index contributed by atoms with van der Waals surface area (Å²) >= 11 is 0. The van der Waals surface area contributed by atoms with Gasteiger partial charge in [-0.3, -0.25) is 9.89 Å². The second kappa shape index (κ2) is 2.65. The molecule has 0 saturated heterocycles. The first-order chi connectivity index (χ1) is 5.86. The average Bonchev–Trinajstić information content (AvgIpc) is 2.56.